The van der Waals surface area contributed by atoms with Gasteiger partial charge in [-0.1, -0.05) is 25.5 Å². The lowest BCUT2D eigenvalue weighted by molar-refractivity contribution is 0.0187. The molecule has 1 aromatic heterocycles. The molecule has 0 amide bonds. The fraction of sp³-hybridized carbons (Fsp3) is 0.429. The van der Waals surface area contributed by atoms with E-state index in [0.29, 0.717) is 11.4 Å². The van der Waals surface area contributed by atoms with Crippen LogP contribution >= 0.6 is 0 Å². The van der Waals surface area contributed by atoms with Crippen LogP contribution < -0.4 is 0 Å². The maximum atomic E-state index is 12.3. The van der Waals surface area contributed by atoms with Gasteiger partial charge in [0.05, 0.1) is 11.6 Å². The molecule has 1 fully saturated rings. The van der Waals surface area contributed by atoms with Gasteiger partial charge in [0, 0.05) is 23.9 Å². The maximum absolute atomic E-state index is 12.3. The van der Waals surface area contributed by atoms with Crippen LogP contribution in [-0.2, 0) is 11.2 Å². The second kappa shape index (κ2) is 8.57. The molecule has 0 radical (unpaired) electrons. The zero-order valence-corrected chi connectivity index (χ0v) is 15.0. The van der Waals surface area contributed by atoms with Crippen LogP contribution in [0.5, 0.6) is 0 Å². The highest BCUT2D eigenvalue weighted by atomic mass is 16.5. The normalized spacial score (nSPS) is 19.5. The Morgan fingerprint density at radius 2 is 1.81 bits per heavy atom. The first-order chi connectivity index (χ1) is 12.7. The van der Waals surface area contributed by atoms with E-state index in [-0.39, 0.29) is 18.0 Å². The van der Waals surface area contributed by atoms with E-state index < -0.39 is 0 Å². The second-order valence-electron chi connectivity index (χ2n) is 6.75. The number of nitriles is 1. The molecule has 1 aliphatic carbocycles. The van der Waals surface area contributed by atoms with Crippen molar-refractivity contribution in [2.45, 2.75) is 51.6 Å². The van der Waals surface area contributed by atoms with Gasteiger partial charge < -0.3 is 4.74 Å². The van der Waals surface area contributed by atoms with Crippen LogP contribution in [0, 0.1) is 17.2 Å². The van der Waals surface area contributed by atoms with Gasteiger partial charge in [0.2, 0.25) is 0 Å². The largest absolute Gasteiger partial charge is 0.459 e. The summed E-state index contributed by atoms with van der Waals surface area (Å²) in [7, 11) is 0. The summed E-state index contributed by atoms with van der Waals surface area (Å²) in [4.78, 5) is 21.1. The van der Waals surface area contributed by atoms with Gasteiger partial charge in [-0.2, -0.15) is 5.26 Å². The van der Waals surface area contributed by atoms with E-state index in [1.54, 1.807) is 12.1 Å². The van der Waals surface area contributed by atoms with Crippen molar-refractivity contribution < 1.29 is 9.53 Å². The minimum Gasteiger partial charge on any atom is -0.459 e. The first-order valence-electron chi connectivity index (χ1n) is 9.21. The number of benzene rings is 1. The topological polar surface area (TPSA) is 75.9 Å². The molecule has 0 spiro atoms. The fourth-order valence-electron chi connectivity index (χ4n) is 3.21. The summed E-state index contributed by atoms with van der Waals surface area (Å²) in [6, 6.07) is 9.48. The highest BCUT2D eigenvalue weighted by Gasteiger charge is 2.24. The van der Waals surface area contributed by atoms with E-state index in [1.807, 2.05) is 24.5 Å². The van der Waals surface area contributed by atoms with Gasteiger partial charge in [-0.15, -0.1) is 0 Å². The molecule has 3 rings (SSSR count). The lowest BCUT2D eigenvalue weighted by atomic mass is 9.88. The van der Waals surface area contributed by atoms with Crippen molar-refractivity contribution in [3.63, 3.8) is 0 Å². The van der Waals surface area contributed by atoms with E-state index in [4.69, 9.17) is 10.00 Å². The number of ether oxygens (including phenoxy) is 1. The van der Waals surface area contributed by atoms with Gasteiger partial charge in [0.15, 0.2) is 5.82 Å². The van der Waals surface area contributed by atoms with Gasteiger partial charge in [-0.25, -0.2) is 14.8 Å². The number of hydrogen-bond acceptors (Lipinski definition) is 5. The SMILES string of the molecule is CCCc1cnc(-c2ccc(C(=O)O[C@H]3CC[C@H](C#N)CC3)cc2)nc1. The van der Waals surface area contributed by atoms with Crippen molar-refractivity contribution in [2.24, 2.45) is 5.92 Å². The minimum atomic E-state index is -0.309. The van der Waals surface area contributed by atoms with Crippen molar-refractivity contribution in [3.8, 4) is 17.5 Å². The van der Waals surface area contributed by atoms with Gasteiger partial charge in [0.25, 0.3) is 0 Å². The Kier molecular flexibility index (Phi) is 5.96. The predicted octanol–water partition coefficient (Wildman–Crippen LogP) is 4.34. The standard InChI is InChI=1S/C21H23N3O2/c1-2-3-16-13-23-20(24-14-16)17-6-8-18(9-7-17)21(25)26-19-10-4-15(12-22)5-11-19/h6-9,13-15,19H,2-5,10-11H2,1H3/t15-,19-. The molecule has 0 bridgehead atoms. The van der Waals surface area contributed by atoms with Crippen LogP contribution in [0.25, 0.3) is 11.4 Å². The third-order valence-electron chi connectivity index (χ3n) is 4.75. The van der Waals surface area contributed by atoms with Crippen LogP contribution in [0.15, 0.2) is 36.7 Å². The molecule has 5 heteroatoms. The number of carbonyl (C=O) groups excluding carboxylic acids is 1. The first-order valence-corrected chi connectivity index (χ1v) is 9.21. The van der Waals surface area contributed by atoms with Gasteiger partial charge >= 0.3 is 5.97 Å². The summed E-state index contributed by atoms with van der Waals surface area (Å²) in [5.41, 5.74) is 2.53. The molecule has 5 nitrogen and oxygen atoms in total. The van der Waals surface area contributed by atoms with E-state index in [0.717, 1.165) is 49.7 Å². The zero-order valence-electron chi connectivity index (χ0n) is 15.0. The van der Waals surface area contributed by atoms with Gasteiger partial charge in [-0.05, 0) is 49.8 Å². The summed E-state index contributed by atoms with van der Waals surface area (Å²) in [5, 5.41) is 8.93. The lowest BCUT2D eigenvalue weighted by Crippen LogP contribution is -2.24. The predicted molar refractivity (Wildman–Crippen MR) is 98.2 cm³/mol. The molecule has 134 valence electrons. The summed E-state index contributed by atoms with van der Waals surface area (Å²) in [5.74, 6) is 0.448. The Bertz CT molecular complexity index is 770. The second-order valence-corrected chi connectivity index (χ2v) is 6.75. The minimum absolute atomic E-state index is 0.0822. The fourth-order valence-corrected chi connectivity index (χ4v) is 3.21. The highest BCUT2D eigenvalue weighted by molar-refractivity contribution is 5.90. The molecule has 2 aromatic rings. The Hall–Kier alpha value is -2.74. The summed E-state index contributed by atoms with van der Waals surface area (Å²) >= 11 is 0. The van der Waals surface area contributed by atoms with E-state index in [1.165, 1.54) is 0 Å². The molecule has 1 saturated carbocycles. The molecule has 1 aromatic carbocycles. The quantitative estimate of drug-likeness (QED) is 0.751. The number of aryl methyl sites for hydroxylation is 1. The Labute approximate surface area is 154 Å². The van der Waals surface area contributed by atoms with Crippen molar-refractivity contribution in [3.05, 3.63) is 47.8 Å². The van der Waals surface area contributed by atoms with Gasteiger partial charge in [0.1, 0.15) is 6.10 Å². The smallest absolute Gasteiger partial charge is 0.338 e. The molecule has 26 heavy (non-hydrogen) atoms. The maximum Gasteiger partial charge on any atom is 0.338 e. The molecule has 0 unspecified atom stereocenters. The van der Waals surface area contributed by atoms with E-state index in [2.05, 4.69) is 23.0 Å². The van der Waals surface area contributed by atoms with Crippen LogP contribution in [0.3, 0.4) is 0 Å². The summed E-state index contributed by atoms with van der Waals surface area (Å²) in [6.45, 7) is 2.13. The van der Waals surface area contributed by atoms with Crippen LogP contribution in [0.2, 0.25) is 0 Å². The highest BCUT2D eigenvalue weighted by Crippen LogP contribution is 2.26. The van der Waals surface area contributed by atoms with Crippen molar-refractivity contribution >= 4 is 5.97 Å². The Balaban J connectivity index is 1.60. The Morgan fingerprint density at radius 1 is 1.15 bits per heavy atom. The third kappa shape index (κ3) is 4.45. The lowest BCUT2D eigenvalue weighted by Gasteiger charge is -2.24. The number of esters is 1. The third-order valence-corrected chi connectivity index (χ3v) is 4.75. The van der Waals surface area contributed by atoms with Crippen molar-refractivity contribution in [1.82, 2.24) is 9.97 Å². The number of carbonyl (C=O) groups is 1. The summed E-state index contributed by atoms with van der Waals surface area (Å²) < 4.78 is 5.58. The van der Waals surface area contributed by atoms with E-state index >= 15 is 0 Å². The molecule has 1 heterocycles. The number of hydrogen-bond donors (Lipinski definition) is 0. The Morgan fingerprint density at radius 3 is 2.38 bits per heavy atom. The van der Waals surface area contributed by atoms with Crippen LogP contribution in [0.4, 0.5) is 0 Å². The van der Waals surface area contributed by atoms with E-state index in [9.17, 15) is 4.79 Å². The van der Waals surface area contributed by atoms with Crippen LogP contribution in [0.1, 0.15) is 54.9 Å². The summed E-state index contributed by atoms with van der Waals surface area (Å²) in [6.07, 6.45) is 8.80. The van der Waals surface area contributed by atoms with Crippen molar-refractivity contribution in [1.29, 1.82) is 5.26 Å². The molecular weight excluding hydrogens is 326 g/mol. The molecule has 0 N–H and O–H groups in total. The number of rotatable bonds is 5. The molecular formula is C21H23N3O2. The molecule has 1 aliphatic rings. The number of aromatic nitrogens is 2. The molecule has 0 atom stereocenters. The van der Waals surface area contributed by atoms with Crippen molar-refractivity contribution in [2.75, 3.05) is 0 Å². The zero-order chi connectivity index (χ0) is 18.4. The number of nitrogens with zero attached hydrogens (tertiary/aromatic N) is 3. The molecule has 0 saturated heterocycles. The monoisotopic (exact) mass is 349 g/mol. The average molecular weight is 349 g/mol. The van der Waals surface area contributed by atoms with Crippen LogP contribution in [-0.4, -0.2) is 22.0 Å². The van der Waals surface area contributed by atoms with Gasteiger partial charge in [-0.3, -0.25) is 0 Å². The molecule has 0 aliphatic heterocycles. The first kappa shape index (κ1) is 18.1. The average Bonchev–Trinajstić information content (AvgIpc) is 2.69.